The number of nitrogens with zero attached hydrogens (tertiary/aromatic N) is 1. The van der Waals surface area contributed by atoms with Crippen LogP contribution >= 0.6 is 11.8 Å². The Morgan fingerprint density at radius 3 is 3.00 bits per heavy atom. The van der Waals surface area contributed by atoms with Crippen molar-refractivity contribution in [2.24, 2.45) is 0 Å². The minimum absolute atomic E-state index is 0.0822. The molecule has 0 spiro atoms. The summed E-state index contributed by atoms with van der Waals surface area (Å²) in [6.45, 7) is 7.66. The molecule has 2 aliphatic heterocycles. The molecule has 0 saturated carbocycles. The van der Waals surface area contributed by atoms with Crippen LogP contribution in [0.2, 0.25) is 0 Å². The van der Waals surface area contributed by atoms with Gasteiger partial charge in [0.15, 0.2) is 0 Å². The highest BCUT2D eigenvalue weighted by molar-refractivity contribution is 8.00. The molecule has 0 bridgehead atoms. The van der Waals surface area contributed by atoms with E-state index in [1.165, 1.54) is 0 Å². The van der Waals surface area contributed by atoms with E-state index in [2.05, 4.69) is 19.2 Å². The number of urea groups is 1. The normalized spacial score (nSPS) is 28.8. The minimum atomic E-state index is 0.0822. The molecule has 1 N–H and O–H groups in total. The molecule has 0 aliphatic carbocycles. The van der Waals surface area contributed by atoms with Crippen molar-refractivity contribution in [1.82, 2.24) is 10.2 Å². The van der Waals surface area contributed by atoms with Gasteiger partial charge in [-0.05, 0) is 12.8 Å². The Labute approximate surface area is 107 Å². The van der Waals surface area contributed by atoms with Crippen LogP contribution in [0.25, 0.3) is 0 Å². The van der Waals surface area contributed by atoms with Crippen molar-refractivity contribution in [3.05, 3.63) is 0 Å². The number of nitrogens with one attached hydrogen (secondary N) is 1. The third-order valence-electron chi connectivity index (χ3n) is 3.38. The summed E-state index contributed by atoms with van der Waals surface area (Å²) in [5.41, 5.74) is 0. The lowest BCUT2D eigenvalue weighted by atomic mass is 10.1. The molecule has 0 aromatic rings. The molecule has 0 aromatic heterocycles. The van der Waals surface area contributed by atoms with Crippen molar-refractivity contribution in [2.75, 3.05) is 32.1 Å². The zero-order valence-corrected chi connectivity index (χ0v) is 11.5. The van der Waals surface area contributed by atoms with Gasteiger partial charge in [-0.2, -0.15) is 11.8 Å². The van der Waals surface area contributed by atoms with Crippen molar-refractivity contribution in [3.63, 3.8) is 0 Å². The van der Waals surface area contributed by atoms with Gasteiger partial charge in [0.2, 0.25) is 0 Å². The summed E-state index contributed by atoms with van der Waals surface area (Å²) in [6, 6.07) is 0.296. The van der Waals surface area contributed by atoms with Crippen LogP contribution in [0.3, 0.4) is 0 Å². The van der Waals surface area contributed by atoms with Gasteiger partial charge in [-0.1, -0.05) is 13.8 Å². The Balaban J connectivity index is 1.82. The molecule has 17 heavy (non-hydrogen) atoms. The first-order valence-electron chi connectivity index (χ1n) is 6.34. The van der Waals surface area contributed by atoms with Crippen LogP contribution in [-0.2, 0) is 4.74 Å². The Morgan fingerprint density at radius 2 is 2.29 bits per heavy atom. The van der Waals surface area contributed by atoms with E-state index >= 15 is 0 Å². The molecule has 0 aromatic carbocycles. The number of ether oxygens (including phenoxy) is 1. The van der Waals surface area contributed by atoms with E-state index in [9.17, 15) is 4.79 Å². The van der Waals surface area contributed by atoms with Crippen LogP contribution in [0.15, 0.2) is 0 Å². The van der Waals surface area contributed by atoms with Gasteiger partial charge in [0, 0.05) is 30.2 Å². The van der Waals surface area contributed by atoms with Crippen LogP contribution in [0.1, 0.15) is 26.7 Å². The molecule has 2 rings (SSSR count). The molecule has 5 heteroatoms. The van der Waals surface area contributed by atoms with Crippen molar-refractivity contribution >= 4 is 17.8 Å². The Kier molecular flexibility index (Phi) is 4.20. The molecule has 2 aliphatic rings. The quantitative estimate of drug-likeness (QED) is 0.778. The Hall–Kier alpha value is -0.420. The fraction of sp³-hybridized carbons (Fsp3) is 0.917. The summed E-state index contributed by atoms with van der Waals surface area (Å²) >= 11 is 1.96. The molecule has 1 atom stereocenters. The van der Waals surface area contributed by atoms with E-state index < -0.39 is 0 Å². The fourth-order valence-corrected chi connectivity index (χ4v) is 3.24. The van der Waals surface area contributed by atoms with Gasteiger partial charge in [-0.15, -0.1) is 0 Å². The summed E-state index contributed by atoms with van der Waals surface area (Å²) in [6.07, 6.45) is 2.01. The third-order valence-corrected chi connectivity index (χ3v) is 4.75. The van der Waals surface area contributed by atoms with Gasteiger partial charge in [0.1, 0.15) is 0 Å². The SMILES string of the molecule is CC1(C)CCN(C(=O)NC2CCOC2)CCS1. The number of hydrogen-bond acceptors (Lipinski definition) is 3. The number of rotatable bonds is 1. The maximum absolute atomic E-state index is 12.1. The Bertz CT molecular complexity index is 278. The van der Waals surface area contributed by atoms with Crippen LogP contribution in [0.4, 0.5) is 4.79 Å². The van der Waals surface area contributed by atoms with Crippen molar-refractivity contribution in [3.8, 4) is 0 Å². The predicted molar refractivity (Wildman–Crippen MR) is 70.5 cm³/mol. The molecule has 1 unspecified atom stereocenters. The first kappa shape index (κ1) is 13.0. The van der Waals surface area contributed by atoms with Gasteiger partial charge >= 0.3 is 6.03 Å². The lowest BCUT2D eigenvalue weighted by Crippen LogP contribution is -2.46. The van der Waals surface area contributed by atoms with E-state index in [1.807, 2.05) is 16.7 Å². The average Bonchev–Trinajstić information content (AvgIpc) is 2.68. The second kappa shape index (κ2) is 5.48. The van der Waals surface area contributed by atoms with Crippen LogP contribution in [0.5, 0.6) is 0 Å². The molecule has 4 nitrogen and oxygen atoms in total. The van der Waals surface area contributed by atoms with Gasteiger partial charge in [-0.3, -0.25) is 0 Å². The lowest BCUT2D eigenvalue weighted by Gasteiger charge is -2.24. The standard InChI is InChI=1S/C12H22N2O2S/c1-12(2)4-5-14(6-8-17-12)11(15)13-10-3-7-16-9-10/h10H,3-9H2,1-2H3,(H,13,15). The molecular formula is C12H22N2O2S. The van der Waals surface area contributed by atoms with E-state index in [1.54, 1.807) is 0 Å². The second-order valence-corrected chi connectivity index (χ2v) is 7.16. The summed E-state index contributed by atoms with van der Waals surface area (Å²) in [7, 11) is 0. The smallest absolute Gasteiger partial charge is 0.317 e. The van der Waals surface area contributed by atoms with E-state index in [4.69, 9.17) is 4.74 Å². The zero-order chi connectivity index (χ0) is 12.3. The number of carbonyl (C=O) groups is 1. The van der Waals surface area contributed by atoms with E-state index in [0.717, 1.165) is 38.3 Å². The lowest BCUT2D eigenvalue weighted by molar-refractivity contribution is 0.179. The largest absolute Gasteiger partial charge is 0.379 e. The number of amides is 2. The predicted octanol–water partition coefficient (Wildman–Crippen LogP) is 1.70. The van der Waals surface area contributed by atoms with Crippen molar-refractivity contribution < 1.29 is 9.53 Å². The monoisotopic (exact) mass is 258 g/mol. The third kappa shape index (κ3) is 3.78. The summed E-state index contributed by atoms with van der Waals surface area (Å²) < 4.78 is 5.56. The molecule has 2 amide bonds. The Morgan fingerprint density at radius 1 is 1.47 bits per heavy atom. The molecular weight excluding hydrogens is 236 g/mol. The minimum Gasteiger partial charge on any atom is -0.379 e. The van der Waals surface area contributed by atoms with Crippen molar-refractivity contribution in [1.29, 1.82) is 0 Å². The number of carbonyl (C=O) groups excluding carboxylic acids is 1. The van der Waals surface area contributed by atoms with E-state index in [-0.39, 0.29) is 12.1 Å². The maximum atomic E-state index is 12.1. The van der Waals surface area contributed by atoms with Gasteiger partial charge in [0.25, 0.3) is 0 Å². The highest BCUT2D eigenvalue weighted by Gasteiger charge is 2.27. The summed E-state index contributed by atoms with van der Waals surface area (Å²) in [5.74, 6) is 1.03. The van der Waals surface area contributed by atoms with Gasteiger partial charge in [0.05, 0.1) is 12.6 Å². The van der Waals surface area contributed by atoms with Gasteiger partial charge in [-0.25, -0.2) is 4.79 Å². The molecule has 2 saturated heterocycles. The summed E-state index contributed by atoms with van der Waals surface area (Å²) in [4.78, 5) is 14.0. The molecule has 2 fully saturated rings. The van der Waals surface area contributed by atoms with Crippen LogP contribution in [-0.4, -0.2) is 53.8 Å². The molecule has 98 valence electrons. The second-order valence-electron chi connectivity index (χ2n) is 5.36. The fourth-order valence-electron chi connectivity index (χ4n) is 2.14. The number of hydrogen-bond donors (Lipinski definition) is 1. The van der Waals surface area contributed by atoms with Crippen LogP contribution < -0.4 is 5.32 Å². The first-order valence-corrected chi connectivity index (χ1v) is 7.32. The topological polar surface area (TPSA) is 41.6 Å². The highest BCUT2D eigenvalue weighted by Crippen LogP contribution is 2.30. The van der Waals surface area contributed by atoms with Crippen molar-refractivity contribution in [2.45, 2.75) is 37.5 Å². The zero-order valence-electron chi connectivity index (χ0n) is 10.7. The highest BCUT2D eigenvalue weighted by atomic mass is 32.2. The molecule has 0 radical (unpaired) electrons. The van der Waals surface area contributed by atoms with Gasteiger partial charge < -0.3 is 15.0 Å². The first-order chi connectivity index (χ1) is 8.07. The summed E-state index contributed by atoms with van der Waals surface area (Å²) in [5, 5.41) is 3.06. The van der Waals surface area contributed by atoms with Crippen LogP contribution in [0, 0.1) is 0 Å². The van der Waals surface area contributed by atoms with E-state index in [0.29, 0.717) is 11.4 Å². The maximum Gasteiger partial charge on any atom is 0.317 e. The number of thioether (sulfide) groups is 1. The average molecular weight is 258 g/mol. The molecule has 2 heterocycles.